The van der Waals surface area contributed by atoms with E-state index in [1.54, 1.807) is 12.3 Å². The first-order chi connectivity index (χ1) is 11.6. The van der Waals surface area contributed by atoms with E-state index in [0.29, 0.717) is 12.0 Å². The van der Waals surface area contributed by atoms with Crippen molar-refractivity contribution in [2.45, 2.75) is 57.2 Å². The summed E-state index contributed by atoms with van der Waals surface area (Å²) < 4.78 is 10.3. The summed E-state index contributed by atoms with van der Waals surface area (Å²) in [7, 11) is 1.42. The van der Waals surface area contributed by atoms with Crippen molar-refractivity contribution in [3.8, 4) is 0 Å². The van der Waals surface area contributed by atoms with Crippen LogP contribution in [0.25, 0.3) is 0 Å². The van der Waals surface area contributed by atoms with Crippen molar-refractivity contribution in [2.24, 2.45) is 5.92 Å². The number of likely N-dealkylation sites (tertiary alicyclic amines) is 1. The van der Waals surface area contributed by atoms with Gasteiger partial charge in [-0.05, 0) is 44.2 Å². The number of furan rings is 1. The largest absolute Gasteiger partial charge is 0.468 e. The van der Waals surface area contributed by atoms with Gasteiger partial charge in [-0.25, -0.2) is 0 Å². The van der Waals surface area contributed by atoms with Gasteiger partial charge in [-0.1, -0.05) is 12.8 Å². The maximum absolute atomic E-state index is 12.5. The van der Waals surface area contributed by atoms with Crippen molar-refractivity contribution >= 4 is 11.9 Å². The number of fused-ring (bicyclic) bond motifs is 1. The second-order valence-corrected chi connectivity index (χ2v) is 6.86. The van der Waals surface area contributed by atoms with Crippen LogP contribution in [-0.4, -0.2) is 42.5 Å². The normalized spacial score (nSPS) is 28.2. The van der Waals surface area contributed by atoms with Crippen LogP contribution in [-0.2, 0) is 14.3 Å². The summed E-state index contributed by atoms with van der Waals surface area (Å²) in [4.78, 5) is 26.7. The summed E-state index contributed by atoms with van der Waals surface area (Å²) in [6.45, 7) is 2.12. The zero-order valence-corrected chi connectivity index (χ0v) is 14.4. The van der Waals surface area contributed by atoms with Gasteiger partial charge in [0.05, 0.1) is 26.0 Å². The molecule has 2 aliphatic rings. The van der Waals surface area contributed by atoms with Gasteiger partial charge in [0.15, 0.2) is 0 Å². The molecule has 1 saturated carbocycles. The van der Waals surface area contributed by atoms with E-state index in [2.05, 4.69) is 10.2 Å². The molecule has 1 aliphatic carbocycles. The van der Waals surface area contributed by atoms with E-state index in [0.717, 1.165) is 31.4 Å². The number of carbonyl (C=O) groups is 2. The fraction of sp³-hybridized carbons (Fsp3) is 0.667. The van der Waals surface area contributed by atoms with Crippen LogP contribution in [0, 0.1) is 5.92 Å². The minimum atomic E-state index is -0.298. The molecule has 0 unspecified atom stereocenters. The topological polar surface area (TPSA) is 71.8 Å². The van der Waals surface area contributed by atoms with Crippen molar-refractivity contribution < 1.29 is 18.7 Å². The van der Waals surface area contributed by atoms with Gasteiger partial charge in [0.1, 0.15) is 11.8 Å². The molecule has 132 valence electrons. The lowest BCUT2D eigenvalue weighted by molar-refractivity contribution is -0.146. The first-order valence-electron chi connectivity index (χ1n) is 8.76. The van der Waals surface area contributed by atoms with E-state index in [4.69, 9.17) is 9.15 Å². The molecule has 1 N–H and O–H groups in total. The lowest BCUT2D eigenvalue weighted by atomic mass is 9.85. The number of methoxy groups -OCH3 is 1. The van der Waals surface area contributed by atoms with Crippen LogP contribution in [0.5, 0.6) is 0 Å². The molecule has 1 aromatic rings. The average Bonchev–Trinajstić information content (AvgIpc) is 3.22. The average molecular weight is 334 g/mol. The minimum Gasteiger partial charge on any atom is -0.468 e. The second-order valence-electron chi connectivity index (χ2n) is 6.86. The van der Waals surface area contributed by atoms with Gasteiger partial charge in [-0.15, -0.1) is 0 Å². The van der Waals surface area contributed by atoms with E-state index in [9.17, 15) is 9.59 Å². The van der Waals surface area contributed by atoms with Crippen molar-refractivity contribution in [3.05, 3.63) is 24.2 Å². The van der Waals surface area contributed by atoms with Crippen LogP contribution >= 0.6 is 0 Å². The van der Waals surface area contributed by atoms with Crippen molar-refractivity contribution in [3.63, 3.8) is 0 Å². The summed E-state index contributed by atoms with van der Waals surface area (Å²) >= 11 is 0. The molecule has 24 heavy (non-hydrogen) atoms. The van der Waals surface area contributed by atoms with Gasteiger partial charge in [-0.2, -0.15) is 0 Å². The highest BCUT2D eigenvalue weighted by Crippen LogP contribution is 2.39. The summed E-state index contributed by atoms with van der Waals surface area (Å²) in [6.07, 6.45) is 6.97. The van der Waals surface area contributed by atoms with Crippen LogP contribution in [0.3, 0.4) is 0 Å². The van der Waals surface area contributed by atoms with Crippen molar-refractivity contribution in [1.29, 1.82) is 0 Å². The molecule has 1 amide bonds. The quantitative estimate of drug-likeness (QED) is 0.836. The number of carbonyl (C=O) groups excluding carboxylic acids is 2. The predicted molar refractivity (Wildman–Crippen MR) is 88.1 cm³/mol. The Morgan fingerprint density at radius 2 is 2.21 bits per heavy atom. The van der Waals surface area contributed by atoms with Gasteiger partial charge >= 0.3 is 5.97 Å². The van der Waals surface area contributed by atoms with Gasteiger partial charge in [0.25, 0.3) is 0 Å². The molecular weight excluding hydrogens is 308 g/mol. The van der Waals surface area contributed by atoms with E-state index in [1.165, 1.54) is 13.5 Å². The lowest BCUT2D eigenvalue weighted by Gasteiger charge is -2.32. The Labute approximate surface area is 142 Å². The predicted octanol–water partition coefficient (Wildman–Crippen LogP) is 2.26. The van der Waals surface area contributed by atoms with Crippen LogP contribution in [0.15, 0.2) is 22.8 Å². The molecule has 1 aliphatic heterocycles. The number of rotatable bonds is 5. The number of nitrogens with zero attached hydrogens (tertiary/aromatic N) is 1. The Morgan fingerprint density at radius 1 is 1.42 bits per heavy atom. The van der Waals surface area contributed by atoms with Gasteiger partial charge in [-0.3, -0.25) is 14.5 Å². The van der Waals surface area contributed by atoms with Gasteiger partial charge in [0, 0.05) is 6.04 Å². The Balaban J connectivity index is 1.65. The zero-order chi connectivity index (χ0) is 17.1. The number of esters is 1. The second kappa shape index (κ2) is 7.38. The van der Waals surface area contributed by atoms with E-state index >= 15 is 0 Å². The standard InChI is InChI=1S/C18H26N2O4/c1-12(16-8-5-9-24-16)19-17(21)11-20-14-7-4-3-6-13(14)10-15(20)18(22)23-2/h5,8-9,12-15H,3-4,6-7,10-11H2,1-2H3,(H,19,21)/t12-,13-,14-,15-/m0/s1. The maximum Gasteiger partial charge on any atom is 0.323 e. The molecule has 4 atom stereocenters. The molecule has 6 heteroatoms. The highest BCUT2D eigenvalue weighted by Gasteiger charge is 2.46. The molecule has 1 aromatic heterocycles. The third kappa shape index (κ3) is 3.48. The Morgan fingerprint density at radius 3 is 2.92 bits per heavy atom. The molecule has 2 fully saturated rings. The fourth-order valence-corrected chi connectivity index (χ4v) is 4.21. The molecule has 3 rings (SSSR count). The monoisotopic (exact) mass is 334 g/mol. The zero-order valence-electron chi connectivity index (χ0n) is 14.4. The van der Waals surface area contributed by atoms with E-state index < -0.39 is 0 Å². The molecule has 0 aromatic carbocycles. The number of hydrogen-bond acceptors (Lipinski definition) is 5. The highest BCUT2D eigenvalue weighted by molar-refractivity contribution is 5.81. The molecular formula is C18H26N2O4. The van der Waals surface area contributed by atoms with Crippen LogP contribution in [0.4, 0.5) is 0 Å². The SMILES string of the molecule is COC(=O)[C@@H]1C[C@@H]2CCCC[C@@H]2N1CC(=O)N[C@@H](C)c1ccco1. The number of amides is 1. The minimum absolute atomic E-state index is 0.0842. The van der Waals surface area contributed by atoms with Crippen molar-refractivity contribution in [2.75, 3.05) is 13.7 Å². The first kappa shape index (κ1) is 17.0. The summed E-state index contributed by atoms with van der Waals surface area (Å²) in [6, 6.07) is 3.47. The highest BCUT2D eigenvalue weighted by atomic mass is 16.5. The Hall–Kier alpha value is -1.82. The fourth-order valence-electron chi connectivity index (χ4n) is 4.21. The smallest absolute Gasteiger partial charge is 0.323 e. The Bertz CT molecular complexity index is 572. The van der Waals surface area contributed by atoms with Crippen LogP contribution < -0.4 is 5.32 Å². The van der Waals surface area contributed by atoms with E-state index in [-0.39, 0.29) is 30.5 Å². The number of nitrogens with one attached hydrogen (secondary N) is 1. The van der Waals surface area contributed by atoms with Crippen LogP contribution in [0.1, 0.15) is 50.8 Å². The molecule has 1 saturated heterocycles. The van der Waals surface area contributed by atoms with Gasteiger partial charge in [0.2, 0.25) is 5.91 Å². The first-order valence-corrected chi connectivity index (χ1v) is 8.76. The molecule has 0 bridgehead atoms. The van der Waals surface area contributed by atoms with Gasteiger partial charge < -0.3 is 14.5 Å². The third-order valence-electron chi connectivity index (χ3n) is 5.37. The van der Waals surface area contributed by atoms with Crippen molar-refractivity contribution in [1.82, 2.24) is 10.2 Å². The number of ether oxygens (including phenoxy) is 1. The number of hydrogen-bond donors (Lipinski definition) is 1. The molecule has 0 spiro atoms. The van der Waals surface area contributed by atoms with Crippen LogP contribution in [0.2, 0.25) is 0 Å². The summed E-state index contributed by atoms with van der Waals surface area (Å²) in [5.41, 5.74) is 0. The molecule has 0 radical (unpaired) electrons. The summed E-state index contributed by atoms with van der Waals surface area (Å²) in [5, 5.41) is 2.96. The molecule has 2 heterocycles. The lowest BCUT2D eigenvalue weighted by Crippen LogP contribution is -2.48. The summed E-state index contributed by atoms with van der Waals surface area (Å²) in [5.74, 6) is 0.915. The third-order valence-corrected chi connectivity index (χ3v) is 5.37. The Kier molecular flexibility index (Phi) is 5.23. The molecule has 6 nitrogen and oxygen atoms in total. The van der Waals surface area contributed by atoms with E-state index in [1.807, 2.05) is 13.0 Å². The maximum atomic E-state index is 12.5.